The van der Waals surface area contributed by atoms with Crippen molar-refractivity contribution in [2.75, 3.05) is 7.11 Å². The van der Waals surface area contributed by atoms with Crippen LogP contribution in [0, 0.1) is 0 Å². The van der Waals surface area contributed by atoms with E-state index >= 15 is 0 Å². The molecule has 0 saturated carbocycles. The summed E-state index contributed by atoms with van der Waals surface area (Å²) < 4.78 is 5.19. The van der Waals surface area contributed by atoms with Crippen LogP contribution in [0.5, 0.6) is 5.75 Å². The predicted octanol–water partition coefficient (Wildman–Crippen LogP) is 4.03. The third-order valence-corrected chi connectivity index (χ3v) is 3.89. The maximum atomic E-state index is 5.19. The molecule has 0 unspecified atom stereocenters. The first kappa shape index (κ1) is 13.7. The fourth-order valence-electron chi connectivity index (χ4n) is 2.55. The van der Waals surface area contributed by atoms with Crippen LogP contribution in [0.25, 0.3) is 10.9 Å². The van der Waals surface area contributed by atoms with E-state index in [1.54, 1.807) is 7.11 Å². The first-order chi connectivity index (χ1) is 10.3. The molecule has 21 heavy (non-hydrogen) atoms. The standard InChI is InChI=1S/C18H20N2O/c1-13(14-7-9-16(21-2)10-8-14)19-11-15-12-20-18-6-4-3-5-17(15)18/h3-10,12-13,19-20H,11H2,1-2H3/t13-/m1/s1. The second-order valence-electron chi connectivity index (χ2n) is 5.24. The van der Waals surface area contributed by atoms with Crippen LogP contribution in [0.4, 0.5) is 0 Å². The number of aromatic nitrogens is 1. The van der Waals surface area contributed by atoms with Crippen LogP contribution in [-0.2, 0) is 6.54 Å². The molecule has 2 N–H and O–H groups in total. The maximum absolute atomic E-state index is 5.19. The molecule has 0 saturated heterocycles. The molecule has 0 fully saturated rings. The SMILES string of the molecule is COc1ccc([C@@H](C)NCc2c[nH]c3ccccc23)cc1. The van der Waals surface area contributed by atoms with Gasteiger partial charge in [0.05, 0.1) is 7.11 Å². The van der Waals surface area contributed by atoms with Crippen LogP contribution in [0.2, 0.25) is 0 Å². The van der Waals surface area contributed by atoms with Crippen LogP contribution in [0.15, 0.2) is 54.7 Å². The highest BCUT2D eigenvalue weighted by Gasteiger charge is 2.07. The molecule has 1 heterocycles. The molecule has 3 nitrogen and oxygen atoms in total. The summed E-state index contributed by atoms with van der Waals surface area (Å²) in [6, 6.07) is 16.9. The summed E-state index contributed by atoms with van der Waals surface area (Å²) in [5.41, 5.74) is 3.74. The summed E-state index contributed by atoms with van der Waals surface area (Å²) in [5, 5.41) is 4.85. The van der Waals surface area contributed by atoms with Crippen molar-refractivity contribution in [3.8, 4) is 5.75 Å². The molecule has 0 radical (unpaired) electrons. The van der Waals surface area contributed by atoms with Gasteiger partial charge in [-0.1, -0.05) is 30.3 Å². The minimum Gasteiger partial charge on any atom is -0.497 e. The van der Waals surface area contributed by atoms with E-state index in [0.29, 0.717) is 6.04 Å². The fourth-order valence-corrected chi connectivity index (χ4v) is 2.55. The lowest BCUT2D eigenvalue weighted by atomic mass is 10.1. The summed E-state index contributed by atoms with van der Waals surface area (Å²) in [4.78, 5) is 3.31. The molecule has 3 rings (SSSR count). The molecular weight excluding hydrogens is 260 g/mol. The normalized spacial score (nSPS) is 12.5. The molecule has 2 aromatic carbocycles. The quantitative estimate of drug-likeness (QED) is 0.740. The molecule has 0 bridgehead atoms. The number of hydrogen-bond acceptors (Lipinski definition) is 2. The summed E-state index contributed by atoms with van der Waals surface area (Å²) in [5.74, 6) is 0.891. The Morgan fingerprint density at radius 1 is 1.10 bits per heavy atom. The molecule has 0 aliphatic carbocycles. The lowest BCUT2D eigenvalue weighted by molar-refractivity contribution is 0.414. The summed E-state index contributed by atoms with van der Waals surface area (Å²) >= 11 is 0. The van der Waals surface area contributed by atoms with Crippen LogP contribution >= 0.6 is 0 Å². The Hall–Kier alpha value is -2.26. The summed E-state index contributed by atoms with van der Waals surface area (Å²) in [6.45, 7) is 3.02. The maximum Gasteiger partial charge on any atom is 0.118 e. The first-order valence-corrected chi connectivity index (χ1v) is 7.20. The number of aromatic amines is 1. The largest absolute Gasteiger partial charge is 0.497 e. The van der Waals surface area contributed by atoms with E-state index in [1.807, 2.05) is 12.1 Å². The number of para-hydroxylation sites is 1. The number of H-pyrrole nitrogens is 1. The Bertz CT molecular complexity index is 715. The van der Waals surface area contributed by atoms with Gasteiger partial charge in [0, 0.05) is 29.7 Å². The van der Waals surface area contributed by atoms with Crippen molar-refractivity contribution in [3.63, 3.8) is 0 Å². The number of ether oxygens (including phenoxy) is 1. The van der Waals surface area contributed by atoms with Gasteiger partial charge in [0.15, 0.2) is 0 Å². The Morgan fingerprint density at radius 2 is 1.86 bits per heavy atom. The zero-order chi connectivity index (χ0) is 14.7. The zero-order valence-corrected chi connectivity index (χ0v) is 12.4. The first-order valence-electron chi connectivity index (χ1n) is 7.20. The average molecular weight is 280 g/mol. The van der Waals surface area contributed by atoms with E-state index in [-0.39, 0.29) is 0 Å². The minimum absolute atomic E-state index is 0.296. The predicted molar refractivity (Wildman–Crippen MR) is 86.5 cm³/mol. The van der Waals surface area contributed by atoms with Gasteiger partial charge in [-0.2, -0.15) is 0 Å². The van der Waals surface area contributed by atoms with E-state index in [0.717, 1.165) is 12.3 Å². The molecule has 3 aromatic rings. The van der Waals surface area contributed by atoms with Gasteiger partial charge in [-0.05, 0) is 36.2 Å². The van der Waals surface area contributed by atoms with Crippen LogP contribution in [-0.4, -0.2) is 12.1 Å². The number of fused-ring (bicyclic) bond motifs is 1. The van der Waals surface area contributed by atoms with Crippen LogP contribution < -0.4 is 10.1 Å². The fraction of sp³-hybridized carbons (Fsp3) is 0.222. The van der Waals surface area contributed by atoms with Crippen molar-refractivity contribution in [2.24, 2.45) is 0 Å². The Labute approximate surface area is 125 Å². The van der Waals surface area contributed by atoms with Crippen molar-refractivity contribution >= 4 is 10.9 Å². The highest BCUT2D eigenvalue weighted by Crippen LogP contribution is 2.20. The molecule has 0 amide bonds. The van der Waals surface area contributed by atoms with E-state index in [2.05, 4.69) is 59.8 Å². The highest BCUT2D eigenvalue weighted by molar-refractivity contribution is 5.82. The lowest BCUT2D eigenvalue weighted by Crippen LogP contribution is -2.17. The molecule has 0 aliphatic heterocycles. The number of rotatable bonds is 5. The van der Waals surface area contributed by atoms with Crippen LogP contribution in [0.1, 0.15) is 24.1 Å². The van der Waals surface area contributed by atoms with Crippen molar-refractivity contribution in [2.45, 2.75) is 19.5 Å². The van der Waals surface area contributed by atoms with Gasteiger partial charge in [0.25, 0.3) is 0 Å². The zero-order valence-electron chi connectivity index (χ0n) is 12.4. The monoisotopic (exact) mass is 280 g/mol. The Kier molecular flexibility index (Phi) is 3.93. The van der Waals surface area contributed by atoms with Crippen molar-refractivity contribution in [3.05, 3.63) is 65.9 Å². The molecule has 0 spiro atoms. The molecule has 3 heteroatoms. The number of hydrogen-bond donors (Lipinski definition) is 2. The molecule has 1 aromatic heterocycles. The topological polar surface area (TPSA) is 37.0 Å². The summed E-state index contributed by atoms with van der Waals surface area (Å²) in [6.07, 6.45) is 2.08. The molecular formula is C18H20N2O. The number of benzene rings is 2. The van der Waals surface area contributed by atoms with E-state index < -0.39 is 0 Å². The Morgan fingerprint density at radius 3 is 2.62 bits per heavy atom. The second-order valence-corrected chi connectivity index (χ2v) is 5.24. The van der Waals surface area contributed by atoms with Gasteiger partial charge in [-0.15, -0.1) is 0 Å². The molecule has 0 aliphatic rings. The Balaban J connectivity index is 1.68. The van der Waals surface area contributed by atoms with Gasteiger partial charge in [0.2, 0.25) is 0 Å². The van der Waals surface area contributed by atoms with Gasteiger partial charge in [-0.25, -0.2) is 0 Å². The van der Waals surface area contributed by atoms with Gasteiger partial charge >= 0.3 is 0 Å². The minimum atomic E-state index is 0.296. The van der Waals surface area contributed by atoms with Gasteiger partial charge < -0.3 is 15.0 Å². The smallest absolute Gasteiger partial charge is 0.118 e. The van der Waals surface area contributed by atoms with E-state index in [4.69, 9.17) is 4.74 Å². The van der Waals surface area contributed by atoms with Crippen molar-refractivity contribution < 1.29 is 4.74 Å². The number of methoxy groups -OCH3 is 1. The van der Waals surface area contributed by atoms with Crippen LogP contribution in [0.3, 0.4) is 0 Å². The van der Waals surface area contributed by atoms with Crippen molar-refractivity contribution in [1.29, 1.82) is 0 Å². The average Bonchev–Trinajstić information content (AvgIpc) is 2.96. The van der Waals surface area contributed by atoms with E-state index in [9.17, 15) is 0 Å². The third kappa shape index (κ3) is 2.93. The second kappa shape index (κ2) is 6.02. The van der Waals surface area contributed by atoms with E-state index in [1.165, 1.54) is 22.0 Å². The van der Waals surface area contributed by atoms with Crippen molar-refractivity contribution in [1.82, 2.24) is 10.3 Å². The number of nitrogens with one attached hydrogen (secondary N) is 2. The van der Waals surface area contributed by atoms with Gasteiger partial charge in [0.1, 0.15) is 5.75 Å². The molecule has 1 atom stereocenters. The highest BCUT2D eigenvalue weighted by atomic mass is 16.5. The molecule has 108 valence electrons. The lowest BCUT2D eigenvalue weighted by Gasteiger charge is -2.14. The summed E-state index contributed by atoms with van der Waals surface area (Å²) in [7, 11) is 1.69. The third-order valence-electron chi connectivity index (χ3n) is 3.89. The van der Waals surface area contributed by atoms with Gasteiger partial charge in [-0.3, -0.25) is 0 Å².